The molecule has 0 heterocycles. The first-order chi connectivity index (χ1) is 7.87. The predicted octanol–water partition coefficient (Wildman–Crippen LogP) is 2.81. The van der Waals surface area contributed by atoms with Crippen LogP contribution in [-0.4, -0.2) is 37.6 Å². The van der Waals surface area contributed by atoms with Gasteiger partial charge in [0.05, 0.1) is 0 Å². The van der Waals surface area contributed by atoms with Crippen LogP contribution < -0.4 is 5.32 Å². The van der Waals surface area contributed by atoms with E-state index >= 15 is 0 Å². The predicted molar refractivity (Wildman–Crippen MR) is 75.8 cm³/mol. The van der Waals surface area contributed by atoms with Crippen molar-refractivity contribution in [2.24, 2.45) is 0 Å². The summed E-state index contributed by atoms with van der Waals surface area (Å²) in [4.78, 5) is 2.25. The van der Waals surface area contributed by atoms with Crippen molar-refractivity contribution in [3.63, 3.8) is 0 Å². The number of hydrogen-bond acceptors (Lipinski definition) is 2. The Hall–Kier alpha value is -0.570. The highest BCUT2D eigenvalue weighted by Gasteiger charge is 2.30. The molecule has 1 unspecified atom stereocenters. The summed E-state index contributed by atoms with van der Waals surface area (Å²) in [5, 5.41) is 4.21. The van der Waals surface area contributed by atoms with E-state index in [0.29, 0.717) is 6.04 Å². The van der Waals surface area contributed by atoms with Crippen LogP contribution in [0, 0.1) is 0 Å². The molecule has 3 heteroatoms. The van der Waals surface area contributed by atoms with Crippen LogP contribution in [0.25, 0.3) is 0 Å². The molecule has 2 nitrogen and oxygen atoms in total. The Balaban J connectivity index is 2.80. The normalized spacial score (nSPS) is 14.1. The monoisotopic (exact) mass is 254 g/mol. The van der Waals surface area contributed by atoms with E-state index in [9.17, 15) is 0 Å². The van der Waals surface area contributed by atoms with Crippen molar-refractivity contribution in [2.45, 2.75) is 31.8 Å². The number of halogens is 1. The number of rotatable bonds is 5. The number of hydrogen-bond donors (Lipinski definition) is 1. The summed E-state index contributed by atoms with van der Waals surface area (Å²) >= 11 is 5.90. The molecule has 0 fully saturated rings. The van der Waals surface area contributed by atoms with Gasteiger partial charge in [-0.1, -0.05) is 23.7 Å². The zero-order valence-electron chi connectivity index (χ0n) is 11.4. The minimum atomic E-state index is 0.106. The summed E-state index contributed by atoms with van der Waals surface area (Å²) in [6.45, 7) is 4.51. The van der Waals surface area contributed by atoms with E-state index in [1.807, 2.05) is 19.2 Å². The molecule has 1 atom stereocenters. The molecule has 0 aliphatic carbocycles. The maximum atomic E-state index is 5.90. The third kappa shape index (κ3) is 3.70. The molecule has 0 aliphatic heterocycles. The van der Waals surface area contributed by atoms with E-state index in [0.717, 1.165) is 11.4 Å². The third-order valence-corrected chi connectivity index (χ3v) is 3.96. The van der Waals surface area contributed by atoms with Crippen molar-refractivity contribution in [2.75, 3.05) is 21.1 Å². The molecule has 96 valence electrons. The molecule has 1 aromatic carbocycles. The molecular formula is C14H23ClN2. The molecule has 1 aromatic rings. The Labute approximate surface area is 110 Å². The van der Waals surface area contributed by atoms with Crippen LogP contribution in [0.15, 0.2) is 24.3 Å². The highest BCUT2D eigenvalue weighted by atomic mass is 35.5. The minimum absolute atomic E-state index is 0.106. The van der Waals surface area contributed by atoms with Crippen LogP contribution in [0.3, 0.4) is 0 Å². The average molecular weight is 255 g/mol. The SMILES string of the molecule is CNC(Cc1ccc(Cl)cc1)C(C)(C)N(C)C. The highest BCUT2D eigenvalue weighted by Crippen LogP contribution is 2.20. The zero-order valence-corrected chi connectivity index (χ0v) is 12.2. The van der Waals surface area contributed by atoms with Gasteiger partial charge in [-0.25, -0.2) is 0 Å². The lowest BCUT2D eigenvalue weighted by Crippen LogP contribution is -2.55. The second kappa shape index (κ2) is 5.85. The molecular weight excluding hydrogens is 232 g/mol. The van der Waals surface area contributed by atoms with Gasteiger partial charge in [-0.3, -0.25) is 0 Å². The van der Waals surface area contributed by atoms with Crippen LogP contribution in [0.4, 0.5) is 0 Å². The fourth-order valence-corrected chi connectivity index (χ4v) is 2.00. The van der Waals surface area contributed by atoms with Crippen LogP contribution in [0.5, 0.6) is 0 Å². The second-order valence-corrected chi connectivity index (χ2v) is 5.66. The lowest BCUT2D eigenvalue weighted by molar-refractivity contribution is 0.141. The Morgan fingerprint density at radius 3 is 2.18 bits per heavy atom. The Kier molecular flexibility index (Phi) is 4.99. The Bertz CT molecular complexity index is 344. The highest BCUT2D eigenvalue weighted by molar-refractivity contribution is 6.30. The molecule has 0 radical (unpaired) electrons. The number of likely N-dealkylation sites (N-methyl/N-ethyl adjacent to an activating group) is 2. The van der Waals surface area contributed by atoms with E-state index in [1.165, 1.54) is 5.56 Å². The van der Waals surface area contributed by atoms with Crippen LogP contribution in [0.1, 0.15) is 19.4 Å². The van der Waals surface area contributed by atoms with E-state index in [4.69, 9.17) is 11.6 Å². The maximum absolute atomic E-state index is 5.90. The quantitative estimate of drug-likeness (QED) is 0.869. The Morgan fingerprint density at radius 2 is 1.76 bits per heavy atom. The molecule has 0 saturated heterocycles. The minimum Gasteiger partial charge on any atom is -0.315 e. The molecule has 17 heavy (non-hydrogen) atoms. The zero-order chi connectivity index (χ0) is 13.1. The largest absolute Gasteiger partial charge is 0.315 e. The molecule has 1 rings (SSSR count). The average Bonchev–Trinajstić information content (AvgIpc) is 2.27. The first kappa shape index (κ1) is 14.5. The first-order valence-electron chi connectivity index (χ1n) is 5.97. The lowest BCUT2D eigenvalue weighted by Gasteiger charge is -2.40. The van der Waals surface area contributed by atoms with Crippen LogP contribution in [-0.2, 0) is 6.42 Å². The Morgan fingerprint density at radius 1 is 1.24 bits per heavy atom. The van der Waals surface area contributed by atoms with Gasteiger partial charge in [-0.05, 0) is 59.1 Å². The van der Waals surface area contributed by atoms with Crippen molar-refractivity contribution in [3.8, 4) is 0 Å². The van der Waals surface area contributed by atoms with Gasteiger partial charge in [0.1, 0.15) is 0 Å². The maximum Gasteiger partial charge on any atom is 0.0406 e. The van der Waals surface area contributed by atoms with Gasteiger partial charge in [0, 0.05) is 16.6 Å². The summed E-state index contributed by atoms with van der Waals surface area (Å²) in [7, 11) is 6.25. The van der Waals surface area contributed by atoms with E-state index in [-0.39, 0.29) is 5.54 Å². The van der Waals surface area contributed by atoms with Gasteiger partial charge < -0.3 is 10.2 Å². The molecule has 0 aromatic heterocycles. The second-order valence-electron chi connectivity index (χ2n) is 5.22. The van der Waals surface area contributed by atoms with Crippen molar-refractivity contribution in [1.82, 2.24) is 10.2 Å². The first-order valence-corrected chi connectivity index (χ1v) is 6.35. The van der Waals surface area contributed by atoms with Crippen molar-refractivity contribution in [3.05, 3.63) is 34.9 Å². The number of nitrogens with zero attached hydrogens (tertiary/aromatic N) is 1. The standard InChI is InChI=1S/C14H23ClN2/c1-14(2,17(4)5)13(16-3)10-11-6-8-12(15)9-7-11/h6-9,13,16H,10H2,1-5H3. The fraction of sp³-hybridized carbons (Fsp3) is 0.571. The molecule has 0 bridgehead atoms. The molecule has 1 N–H and O–H groups in total. The smallest absolute Gasteiger partial charge is 0.0406 e. The molecule has 0 amide bonds. The van der Waals surface area contributed by atoms with E-state index in [2.05, 4.69) is 50.3 Å². The molecule has 0 aliphatic rings. The lowest BCUT2D eigenvalue weighted by atomic mass is 9.88. The van der Waals surface area contributed by atoms with Gasteiger partial charge in [0.2, 0.25) is 0 Å². The van der Waals surface area contributed by atoms with Gasteiger partial charge in [-0.15, -0.1) is 0 Å². The van der Waals surface area contributed by atoms with Crippen LogP contribution >= 0.6 is 11.6 Å². The third-order valence-electron chi connectivity index (χ3n) is 3.71. The van der Waals surface area contributed by atoms with Gasteiger partial charge in [0.15, 0.2) is 0 Å². The molecule has 0 saturated carbocycles. The van der Waals surface area contributed by atoms with Gasteiger partial charge >= 0.3 is 0 Å². The van der Waals surface area contributed by atoms with Gasteiger partial charge in [0.25, 0.3) is 0 Å². The van der Waals surface area contributed by atoms with Gasteiger partial charge in [-0.2, -0.15) is 0 Å². The number of nitrogens with one attached hydrogen (secondary N) is 1. The number of benzene rings is 1. The van der Waals surface area contributed by atoms with E-state index in [1.54, 1.807) is 0 Å². The van der Waals surface area contributed by atoms with Crippen molar-refractivity contribution >= 4 is 11.6 Å². The topological polar surface area (TPSA) is 15.3 Å². The van der Waals surface area contributed by atoms with Crippen molar-refractivity contribution in [1.29, 1.82) is 0 Å². The molecule has 0 spiro atoms. The van der Waals surface area contributed by atoms with Crippen molar-refractivity contribution < 1.29 is 0 Å². The summed E-state index contributed by atoms with van der Waals surface area (Å²) in [5.74, 6) is 0. The summed E-state index contributed by atoms with van der Waals surface area (Å²) in [6.07, 6.45) is 0.999. The fourth-order valence-electron chi connectivity index (χ4n) is 1.87. The summed E-state index contributed by atoms with van der Waals surface area (Å²) in [6, 6.07) is 8.49. The summed E-state index contributed by atoms with van der Waals surface area (Å²) < 4.78 is 0. The summed E-state index contributed by atoms with van der Waals surface area (Å²) in [5.41, 5.74) is 1.41. The van der Waals surface area contributed by atoms with E-state index < -0.39 is 0 Å². The van der Waals surface area contributed by atoms with Crippen LogP contribution in [0.2, 0.25) is 5.02 Å².